The second kappa shape index (κ2) is 6.35. The minimum Gasteiger partial charge on any atom is -0.496 e. The number of hydrazine groups is 1. The molecule has 0 spiro atoms. The van der Waals surface area contributed by atoms with E-state index in [1.165, 1.54) is 7.11 Å². The summed E-state index contributed by atoms with van der Waals surface area (Å²) in [5.41, 5.74) is 4.97. The number of para-hydroxylation sites is 1. The van der Waals surface area contributed by atoms with Crippen LogP contribution in [0, 0.1) is 23.7 Å². The van der Waals surface area contributed by atoms with Crippen molar-refractivity contribution in [3.05, 3.63) is 42.0 Å². The zero-order valence-corrected chi connectivity index (χ0v) is 13.1. The molecule has 3 N–H and O–H groups in total. The molecular formula is C17H18N2O5. The van der Waals surface area contributed by atoms with Crippen LogP contribution in [0.4, 0.5) is 0 Å². The number of methoxy groups -OCH3 is 1. The molecule has 7 heteroatoms. The van der Waals surface area contributed by atoms with Crippen LogP contribution in [0.2, 0.25) is 0 Å². The molecule has 2 amide bonds. The van der Waals surface area contributed by atoms with E-state index in [1.54, 1.807) is 24.3 Å². The Kier molecular flexibility index (Phi) is 4.24. The fraction of sp³-hybridized carbons (Fsp3) is 0.353. The summed E-state index contributed by atoms with van der Waals surface area (Å²) in [5.74, 6) is -3.24. The molecule has 0 aliphatic heterocycles. The van der Waals surface area contributed by atoms with Gasteiger partial charge in [-0.2, -0.15) is 0 Å². The lowest BCUT2D eigenvalue weighted by Gasteiger charge is -2.23. The summed E-state index contributed by atoms with van der Waals surface area (Å²) in [5, 5.41) is 9.36. The molecule has 2 aliphatic carbocycles. The normalized spacial score (nSPS) is 26.9. The first-order valence-electron chi connectivity index (χ1n) is 7.67. The molecule has 1 fully saturated rings. The van der Waals surface area contributed by atoms with E-state index in [2.05, 4.69) is 10.9 Å². The highest BCUT2D eigenvalue weighted by atomic mass is 16.5. The van der Waals surface area contributed by atoms with Gasteiger partial charge in [0, 0.05) is 0 Å². The fourth-order valence-electron chi connectivity index (χ4n) is 3.62. The molecular weight excluding hydrogens is 312 g/mol. The second-order valence-corrected chi connectivity index (χ2v) is 5.98. The van der Waals surface area contributed by atoms with Gasteiger partial charge in [0.05, 0.1) is 24.5 Å². The van der Waals surface area contributed by atoms with Crippen LogP contribution in [0.5, 0.6) is 5.75 Å². The predicted octanol–water partition coefficient (Wildman–Crippen LogP) is 0.979. The maximum absolute atomic E-state index is 12.4. The maximum atomic E-state index is 12.4. The summed E-state index contributed by atoms with van der Waals surface area (Å²) in [6, 6.07) is 6.62. The third-order valence-corrected chi connectivity index (χ3v) is 4.70. The van der Waals surface area contributed by atoms with Crippen molar-refractivity contribution in [2.45, 2.75) is 6.42 Å². The monoisotopic (exact) mass is 330 g/mol. The van der Waals surface area contributed by atoms with Gasteiger partial charge in [-0.05, 0) is 30.4 Å². The maximum Gasteiger partial charge on any atom is 0.307 e. The zero-order chi connectivity index (χ0) is 17.3. The molecule has 0 radical (unpaired) electrons. The predicted molar refractivity (Wildman–Crippen MR) is 84.0 cm³/mol. The number of carbonyl (C=O) groups excluding carboxylic acids is 2. The molecule has 1 aromatic rings. The number of ether oxygens (including phenoxy) is 1. The van der Waals surface area contributed by atoms with Crippen LogP contribution in [-0.4, -0.2) is 30.0 Å². The van der Waals surface area contributed by atoms with Crippen LogP contribution in [0.1, 0.15) is 16.8 Å². The average molecular weight is 330 g/mol. The second-order valence-electron chi connectivity index (χ2n) is 5.98. The Morgan fingerprint density at radius 1 is 1.08 bits per heavy atom. The van der Waals surface area contributed by atoms with E-state index < -0.39 is 29.6 Å². The van der Waals surface area contributed by atoms with E-state index in [-0.39, 0.29) is 17.4 Å². The van der Waals surface area contributed by atoms with E-state index in [0.29, 0.717) is 12.2 Å². The SMILES string of the molecule is COc1ccccc1C(=O)NNC(=O)[C@H]1[C@H](C(=O)O)[C@H]2C=C[C@H]1C2. The van der Waals surface area contributed by atoms with E-state index in [4.69, 9.17) is 4.74 Å². The summed E-state index contributed by atoms with van der Waals surface area (Å²) in [7, 11) is 1.45. The van der Waals surface area contributed by atoms with Gasteiger partial charge in [-0.15, -0.1) is 0 Å². The number of hydrogen-bond donors (Lipinski definition) is 3. The van der Waals surface area contributed by atoms with Gasteiger partial charge >= 0.3 is 5.97 Å². The van der Waals surface area contributed by atoms with Crippen LogP contribution in [0.15, 0.2) is 36.4 Å². The average Bonchev–Trinajstić information content (AvgIpc) is 3.20. The van der Waals surface area contributed by atoms with Crippen molar-refractivity contribution in [2.75, 3.05) is 7.11 Å². The quantitative estimate of drug-likeness (QED) is 0.564. The molecule has 0 saturated heterocycles. The van der Waals surface area contributed by atoms with Crippen molar-refractivity contribution in [3.8, 4) is 5.75 Å². The minimum atomic E-state index is -0.983. The molecule has 7 nitrogen and oxygen atoms in total. The number of nitrogens with one attached hydrogen (secondary N) is 2. The number of allylic oxidation sites excluding steroid dienone is 2. The molecule has 0 heterocycles. The number of carboxylic acids is 1. The zero-order valence-electron chi connectivity index (χ0n) is 13.1. The highest BCUT2D eigenvalue weighted by Crippen LogP contribution is 2.48. The molecule has 2 bridgehead atoms. The number of fused-ring (bicyclic) bond motifs is 2. The van der Waals surface area contributed by atoms with Gasteiger partial charge in [0.2, 0.25) is 5.91 Å². The minimum absolute atomic E-state index is 0.0979. The van der Waals surface area contributed by atoms with Gasteiger partial charge in [0.15, 0.2) is 0 Å². The molecule has 2 aliphatic rings. The summed E-state index contributed by atoms with van der Waals surface area (Å²) >= 11 is 0. The third kappa shape index (κ3) is 2.73. The molecule has 1 saturated carbocycles. The van der Waals surface area contributed by atoms with Crippen molar-refractivity contribution >= 4 is 17.8 Å². The number of aliphatic carboxylic acids is 1. The molecule has 3 rings (SSSR count). The molecule has 126 valence electrons. The standard InChI is InChI=1S/C17H18N2O5/c1-24-12-5-3-2-4-11(12)15(20)18-19-16(21)13-9-6-7-10(8-9)14(13)17(22)23/h2-7,9-10,13-14H,8H2,1H3,(H,18,20)(H,19,21)(H,22,23)/t9-,10-,13+,14+/m0/s1. The van der Waals surface area contributed by atoms with Gasteiger partial charge in [-0.1, -0.05) is 24.3 Å². The van der Waals surface area contributed by atoms with Crippen LogP contribution < -0.4 is 15.6 Å². The van der Waals surface area contributed by atoms with Crippen LogP contribution in [0.3, 0.4) is 0 Å². The Balaban J connectivity index is 1.66. The number of amides is 2. The summed E-state index contributed by atoms with van der Waals surface area (Å²) in [4.78, 5) is 36.0. The topological polar surface area (TPSA) is 105 Å². The third-order valence-electron chi connectivity index (χ3n) is 4.70. The van der Waals surface area contributed by atoms with Crippen molar-refractivity contribution in [3.63, 3.8) is 0 Å². The van der Waals surface area contributed by atoms with Crippen molar-refractivity contribution < 1.29 is 24.2 Å². The largest absolute Gasteiger partial charge is 0.496 e. The highest BCUT2D eigenvalue weighted by molar-refractivity contribution is 5.98. The highest BCUT2D eigenvalue weighted by Gasteiger charge is 2.51. The van der Waals surface area contributed by atoms with Crippen molar-refractivity contribution in [2.24, 2.45) is 23.7 Å². The van der Waals surface area contributed by atoms with Gasteiger partial charge in [-0.3, -0.25) is 25.2 Å². The summed E-state index contributed by atoms with van der Waals surface area (Å²) in [6.07, 6.45) is 4.41. The van der Waals surface area contributed by atoms with Crippen LogP contribution >= 0.6 is 0 Å². The fourth-order valence-corrected chi connectivity index (χ4v) is 3.62. The number of hydrogen-bond acceptors (Lipinski definition) is 4. The number of benzene rings is 1. The Hall–Kier alpha value is -2.83. The van der Waals surface area contributed by atoms with Crippen LogP contribution in [-0.2, 0) is 9.59 Å². The van der Waals surface area contributed by atoms with E-state index in [0.717, 1.165) is 0 Å². The van der Waals surface area contributed by atoms with Crippen molar-refractivity contribution in [1.82, 2.24) is 10.9 Å². The Bertz CT molecular complexity index is 715. The lowest BCUT2D eigenvalue weighted by molar-refractivity contribution is -0.148. The Morgan fingerprint density at radius 3 is 2.42 bits per heavy atom. The summed E-state index contributed by atoms with van der Waals surface area (Å²) in [6.45, 7) is 0. The Morgan fingerprint density at radius 2 is 1.75 bits per heavy atom. The Labute approximate surface area is 138 Å². The molecule has 24 heavy (non-hydrogen) atoms. The molecule has 0 unspecified atom stereocenters. The number of carbonyl (C=O) groups is 3. The first-order chi connectivity index (χ1) is 11.5. The van der Waals surface area contributed by atoms with Crippen LogP contribution in [0.25, 0.3) is 0 Å². The van der Waals surface area contributed by atoms with E-state index >= 15 is 0 Å². The van der Waals surface area contributed by atoms with Crippen molar-refractivity contribution in [1.29, 1.82) is 0 Å². The number of carboxylic acid groups (broad SMARTS) is 1. The number of rotatable bonds is 4. The van der Waals surface area contributed by atoms with E-state index in [9.17, 15) is 19.5 Å². The first kappa shape index (κ1) is 16.0. The van der Waals surface area contributed by atoms with E-state index in [1.807, 2.05) is 12.2 Å². The smallest absolute Gasteiger partial charge is 0.307 e. The lowest BCUT2D eigenvalue weighted by atomic mass is 9.82. The molecule has 4 atom stereocenters. The van der Waals surface area contributed by atoms with Gasteiger partial charge < -0.3 is 9.84 Å². The lowest BCUT2D eigenvalue weighted by Crippen LogP contribution is -2.48. The van der Waals surface area contributed by atoms with Gasteiger partial charge in [-0.25, -0.2) is 0 Å². The van der Waals surface area contributed by atoms with Gasteiger partial charge in [0.25, 0.3) is 5.91 Å². The summed E-state index contributed by atoms with van der Waals surface area (Å²) < 4.78 is 5.10. The van der Waals surface area contributed by atoms with Gasteiger partial charge in [0.1, 0.15) is 5.75 Å². The first-order valence-corrected chi connectivity index (χ1v) is 7.67. The molecule has 1 aromatic carbocycles. The molecule has 0 aromatic heterocycles.